The van der Waals surface area contributed by atoms with Gasteiger partial charge in [0, 0.05) is 19.3 Å². The first kappa shape index (κ1) is 70.8. The van der Waals surface area contributed by atoms with E-state index >= 15 is 0 Å². The van der Waals surface area contributed by atoms with Crippen LogP contribution in [0.2, 0.25) is 0 Å². The molecule has 0 radical (unpaired) electrons. The van der Waals surface area contributed by atoms with Gasteiger partial charge in [-0.1, -0.05) is 286 Å². The molecule has 6 nitrogen and oxygen atoms in total. The topological polar surface area (TPSA) is 78.9 Å². The summed E-state index contributed by atoms with van der Waals surface area (Å²) in [7, 11) is 0. The molecule has 1 unspecified atom stereocenters. The highest BCUT2D eigenvalue weighted by atomic mass is 16.6. The molecule has 0 amide bonds. The number of carbonyl (C=O) groups is 3. The molecule has 0 N–H and O–H groups in total. The van der Waals surface area contributed by atoms with Crippen LogP contribution in [0, 0.1) is 0 Å². The third-order valence-electron chi connectivity index (χ3n) is 13.9. The van der Waals surface area contributed by atoms with Crippen LogP contribution in [0.3, 0.4) is 0 Å². The third-order valence-corrected chi connectivity index (χ3v) is 13.9. The summed E-state index contributed by atoms with van der Waals surface area (Å²) in [6.45, 7) is 6.47. The molecule has 74 heavy (non-hydrogen) atoms. The first-order valence-electron chi connectivity index (χ1n) is 31.9. The van der Waals surface area contributed by atoms with Gasteiger partial charge in [-0.25, -0.2) is 0 Å². The minimum atomic E-state index is -0.771. The van der Waals surface area contributed by atoms with Gasteiger partial charge in [0.25, 0.3) is 0 Å². The van der Waals surface area contributed by atoms with Crippen molar-refractivity contribution in [3.63, 3.8) is 0 Å². The molecule has 0 aliphatic rings. The Hall–Kier alpha value is -3.15. The zero-order valence-corrected chi connectivity index (χ0v) is 49.1. The van der Waals surface area contributed by atoms with Gasteiger partial charge in [-0.3, -0.25) is 14.4 Å². The van der Waals surface area contributed by atoms with Crippen molar-refractivity contribution in [3.05, 3.63) is 72.9 Å². The number of hydrogen-bond donors (Lipinski definition) is 0. The van der Waals surface area contributed by atoms with Crippen LogP contribution in [0.4, 0.5) is 0 Å². The second-order valence-corrected chi connectivity index (χ2v) is 21.3. The van der Waals surface area contributed by atoms with E-state index in [1.165, 1.54) is 186 Å². The summed E-state index contributed by atoms with van der Waals surface area (Å²) in [5.74, 6) is -0.878. The van der Waals surface area contributed by atoms with Crippen LogP contribution in [0.15, 0.2) is 72.9 Å². The Bertz CT molecular complexity index is 1370. The molecule has 0 spiro atoms. The van der Waals surface area contributed by atoms with Gasteiger partial charge in [-0.15, -0.1) is 0 Å². The predicted molar refractivity (Wildman–Crippen MR) is 321 cm³/mol. The Labute approximate surface area is 459 Å². The standard InChI is InChI=1S/C68H120O6/c1-4-7-10-13-15-17-19-21-23-25-27-28-29-30-31-32-33-34-35-36-37-38-39-40-41-43-44-46-48-50-52-55-58-61-67(70)73-64-65(63-72-66(69)60-57-54-12-9-6-3)74-68(71)62-59-56-53-51-49-47-45-42-26-24-22-20-18-16-14-11-8-5-2/h7,10,15,17,21,23-24,26-28,30-31,65H,4-6,8-9,11-14,16,18-20,22,25,29,32-64H2,1-3H3/b10-7-,17-15-,23-21-,26-24-,28-27-,31-30-. The van der Waals surface area contributed by atoms with Crippen molar-refractivity contribution in [3.8, 4) is 0 Å². The fraction of sp³-hybridized carbons (Fsp3) is 0.779. The Balaban J connectivity index is 3.95. The van der Waals surface area contributed by atoms with Crippen molar-refractivity contribution >= 4 is 17.9 Å². The van der Waals surface area contributed by atoms with Gasteiger partial charge in [0.2, 0.25) is 0 Å². The van der Waals surface area contributed by atoms with Gasteiger partial charge in [-0.2, -0.15) is 0 Å². The normalized spacial score (nSPS) is 12.5. The molecule has 0 fully saturated rings. The molecule has 0 aromatic heterocycles. The van der Waals surface area contributed by atoms with E-state index in [1.807, 2.05) is 0 Å². The number of allylic oxidation sites excluding steroid dienone is 12. The van der Waals surface area contributed by atoms with E-state index in [1.54, 1.807) is 0 Å². The second-order valence-electron chi connectivity index (χ2n) is 21.3. The van der Waals surface area contributed by atoms with E-state index in [2.05, 4.69) is 93.7 Å². The summed E-state index contributed by atoms with van der Waals surface area (Å²) < 4.78 is 16.8. The Morgan fingerprint density at radius 1 is 0.284 bits per heavy atom. The van der Waals surface area contributed by atoms with Crippen molar-refractivity contribution in [2.75, 3.05) is 13.2 Å². The molecule has 0 rings (SSSR count). The summed E-state index contributed by atoms with van der Waals surface area (Å²) in [5.41, 5.74) is 0. The van der Waals surface area contributed by atoms with Gasteiger partial charge in [0.1, 0.15) is 13.2 Å². The second kappa shape index (κ2) is 62.4. The molecule has 1 atom stereocenters. The van der Waals surface area contributed by atoms with E-state index in [9.17, 15) is 14.4 Å². The highest BCUT2D eigenvalue weighted by Crippen LogP contribution is 2.17. The summed E-state index contributed by atoms with van der Waals surface area (Å²) >= 11 is 0. The van der Waals surface area contributed by atoms with Gasteiger partial charge in [0.15, 0.2) is 6.10 Å². The van der Waals surface area contributed by atoms with E-state index in [0.717, 1.165) is 96.3 Å². The molecule has 0 aromatic carbocycles. The van der Waals surface area contributed by atoms with Crippen molar-refractivity contribution < 1.29 is 28.6 Å². The van der Waals surface area contributed by atoms with Crippen molar-refractivity contribution in [1.29, 1.82) is 0 Å². The first-order chi connectivity index (χ1) is 36.5. The number of esters is 3. The molecule has 0 aliphatic heterocycles. The van der Waals surface area contributed by atoms with Crippen LogP contribution in [0.1, 0.15) is 323 Å². The molecule has 428 valence electrons. The van der Waals surface area contributed by atoms with Gasteiger partial charge in [-0.05, 0) is 89.9 Å². The van der Waals surface area contributed by atoms with E-state index in [4.69, 9.17) is 14.2 Å². The van der Waals surface area contributed by atoms with E-state index in [-0.39, 0.29) is 31.1 Å². The number of ether oxygens (including phenoxy) is 3. The quantitative estimate of drug-likeness (QED) is 0.0261. The highest BCUT2D eigenvalue weighted by molar-refractivity contribution is 5.71. The number of hydrogen-bond acceptors (Lipinski definition) is 6. The molecular weight excluding hydrogens is 913 g/mol. The van der Waals surface area contributed by atoms with Crippen LogP contribution in [-0.2, 0) is 28.6 Å². The van der Waals surface area contributed by atoms with Crippen molar-refractivity contribution in [2.45, 2.75) is 329 Å². The average Bonchev–Trinajstić information content (AvgIpc) is 3.40. The molecule has 0 saturated heterocycles. The molecular formula is C68H120O6. The molecule has 0 aromatic rings. The third kappa shape index (κ3) is 59.7. The minimum absolute atomic E-state index is 0.0733. The number of carbonyl (C=O) groups excluding carboxylic acids is 3. The molecule has 0 saturated carbocycles. The van der Waals surface area contributed by atoms with E-state index in [0.29, 0.717) is 19.3 Å². The number of unbranched alkanes of at least 4 members (excludes halogenated alkanes) is 35. The summed E-state index contributed by atoms with van der Waals surface area (Å²) in [5, 5.41) is 0. The maximum absolute atomic E-state index is 12.8. The molecule has 0 aliphatic carbocycles. The van der Waals surface area contributed by atoms with Crippen LogP contribution < -0.4 is 0 Å². The molecule has 0 bridgehead atoms. The monoisotopic (exact) mass is 1030 g/mol. The SMILES string of the molecule is CC/C=C\C/C=C\C/C=C\C/C=C\C/C=C\CCCCCCCCCCCCCCCCCCCC(=O)OCC(COC(=O)CCCCCCC)OC(=O)CCCCCCCCC/C=C\CCCCCCCCC. The van der Waals surface area contributed by atoms with Crippen LogP contribution in [-0.4, -0.2) is 37.2 Å². The number of rotatable bonds is 58. The summed E-state index contributed by atoms with van der Waals surface area (Å²) in [4.78, 5) is 37.9. The van der Waals surface area contributed by atoms with Crippen LogP contribution >= 0.6 is 0 Å². The van der Waals surface area contributed by atoms with E-state index < -0.39 is 6.10 Å². The van der Waals surface area contributed by atoms with Gasteiger partial charge < -0.3 is 14.2 Å². The highest BCUT2D eigenvalue weighted by Gasteiger charge is 2.19. The fourth-order valence-electron chi connectivity index (χ4n) is 9.17. The zero-order valence-electron chi connectivity index (χ0n) is 49.1. The van der Waals surface area contributed by atoms with Gasteiger partial charge in [0.05, 0.1) is 0 Å². The maximum Gasteiger partial charge on any atom is 0.306 e. The van der Waals surface area contributed by atoms with Crippen LogP contribution in [0.5, 0.6) is 0 Å². The van der Waals surface area contributed by atoms with Gasteiger partial charge >= 0.3 is 17.9 Å². The molecule has 6 heteroatoms. The summed E-state index contributed by atoms with van der Waals surface area (Å²) in [6, 6.07) is 0. The Morgan fingerprint density at radius 2 is 0.527 bits per heavy atom. The lowest BCUT2D eigenvalue weighted by Gasteiger charge is -2.18. The lowest BCUT2D eigenvalue weighted by atomic mass is 10.0. The van der Waals surface area contributed by atoms with Crippen LogP contribution in [0.25, 0.3) is 0 Å². The zero-order chi connectivity index (χ0) is 53.6. The Morgan fingerprint density at radius 3 is 0.838 bits per heavy atom. The fourth-order valence-corrected chi connectivity index (χ4v) is 9.17. The lowest BCUT2D eigenvalue weighted by Crippen LogP contribution is -2.30. The first-order valence-corrected chi connectivity index (χ1v) is 31.9. The summed E-state index contributed by atoms with van der Waals surface area (Å²) in [6.07, 6.45) is 81.1. The minimum Gasteiger partial charge on any atom is -0.462 e. The van der Waals surface area contributed by atoms with Crippen molar-refractivity contribution in [1.82, 2.24) is 0 Å². The smallest absolute Gasteiger partial charge is 0.306 e. The molecule has 0 heterocycles. The van der Waals surface area contributed by atoms with Crippen molar-refractivity contribution in [2.24, 2.45) is 0 Å². The maximum atomic E-state index is 12.8. The predicted octanol–water partition coefficient (Wildman–Crippen LogP) is 21.7. The largest absolute Gasteiger partial charge is 0.462 e. The lowest BCUT2D eigenvalue weighted by molar-refractivity contribution is -0.167. The Kier molecular flexibility index (Phi) is 59.7. The average molecular weight is 1030 g/mol.